The monoisotopic (exact) mass is 134 g/mol. The molecule has 8 heavy (non-hydrogen) atoms. The Bertz CT molecular complexity index is 70.8. The molecule has 0 heterocycles. The van der Waals surface area contributed by atoms with E-state index in [1.54, 1.807) is 11.8 Å². The van der Waals surface area contributed by atoms with Gasteiger partial charge in [0.15, 0.2) is 0 Å². The lowest BCUT2D eigenvalue weighted by Crippen LogP contribution is -2.48. The van der Waals surface area contributed by atoms with Crippen LogP contribution in [0.1, 0.15) is 13.8 Å². The maximum absolute atomic E-state index is 5.70. The minimum Gasteiger partial charge on any atom is -0.326 e. The summed E-state index contributed by atoms with van der Waals surface area (Å²) in [6.45, 7) is 3.85. The topological polar surface area (TPSA) is 52.0 Å². The molecule has 4 N–H and O–H groups in total. The zero-order chi connectivity index (χ0) is 6.78. The summed E-state index contributed by atoms with van der Waals surface area (Å²) in [5.41, 5.74) is 11.2. The van der Waals surface area contributed by atoms with Gasteiger partial charge in [0, 0.05) is 6.04 Å². The molecule has 0 saturated heterocycles. The maximum Gasteiger partial charge on any atom is 0.0739 e. The molecule has 0 spiro atoms. The highest BCUT2D eigenvalue weighted by atomic mass is 32.2. The lowest BCUT2D eigenvalue weighted by atomic mass is 10.2. The molecule has 0 fully saturated rings. The van der Waals surface area contributed by atoms with Crippen LogP contribution in [0.25, 0.3) is 0 Å². The molecule has 0 aromatic carbocycles. The summed E-state index contributed by atoms with van der Waals surface area (Å²) in [4.78, 5) is -0.264. The summed E-state index contributed by atoms with van der Waals surface area (Å²) in [7, 11) is 0. The third-order valence-electron chi connectivity index (χ3n) is 1.34. The van der Waals surface area contributed by atoms with Gasteiger partial charge in [0.25, 0.3) is 0 Å². The van der Waals surface area contributed by atoms with E-state index in [4.69, 9.17) is 11.5 Å². The van der Waals surface area contributed by atoms with Gasteiger partial charge in [0.2, 0.25) is 0 Å². The summed E-state index contributed by atoms with van der Waals surface area (Å²) in [6, 6.07) is 0.0532. The van der Waals surface area contributed by atoms with Crippen molar-refractivity contribution in [3.63, 3.8) is 0 Å². The smallest absolute Gasteiger partial charge is 0.0739 e. The molecule has 2 unspecified atom stereocenters. The Morgan fingerprint density at radius 1 is 1.62 bits per heavy atom. The number of thioether (sulfide) groups is 1. The van der Waals surface area contributed by atoms with Crippen molar-refractivity contribution in [3.8, 4) is 0 Å². The molecule has 3 heteroatoms. The van der Waals surface area contributed by atoms with Gasteiger partial charge in [0.1, 0.15) is 0 Å². The molecule has 0 bridgehead atoms. The molecule has 0 rings (SSSR count). The summed E-state index contributed by atoms with van der Waals surface area (Å²) in [5.74, 6) is 0. The average Bonchev–Trinajstić information content (AvgIpc) is 1.67. The Kier molecular flexibility index (Phi) is 2.80. The van der Waals surface area contributed by atoms with Crippen molar-refractivity contribution in [2.75, 3.05) is 6.26 Å². The van der Waals surface area contributed by atoms with Gasteiger partial charge in [-0.2, -0.15) is 0 Å². The Morgan fingerprint density at radius 2 is 2.00 bits per heavy atom. The first-order chi connectivity index (χ1) is 3.50. The normalized spacial score (nSPS) is 22.1. The van der Waals surface area contributed by atoms with Gasteiger partial charge in [-0.3, -0.25) is 0 Å². The molecule has 50 valence electrons. The fraction of sp³-hybridized carbons (Fsp3) is 1.00. The zero-order valence-corrected chi connectivity index (χ0v) is 6.46. The highest BCUT2D eigenvalue weighted by Gasteiger charge is 2.20. The van der Waals surface area contributed by atoms with Crippen LogP contribution >= 0.6 is 11.8 Å². The molecular formula is C5H14N2S. The molecule has 0 aliphatic carbocycles. The quantitative estimate of drug-likeness (QED) is 0.536. The van der Waals surface area contributed by atoms with Gasteiger partial charge in [-0.15, -0.1) is 11.8 Å². The fourth-order valence-electron chi connectivity index (χ4n) is 0.186. The minimum atomic E-state index is -0.264. The van der Waals surface area contributed by atoms with Crippen LogP contribution in [0.4, 0.5) is 0 Å². The summed E-state index contributed by atoms with van der Waals surface area (Å²) in [6.07, 6.45) is 1.96. The Labute approximate surface area is 55.0 Å². The molecule has 0 radical (unpaired) electrons. The van der Waals surface area contributed by atoms with Crippen LogP contribution in [-0.4, -0.2) is 17.2 Å². The maximum atomic E-state index is 5.70. The van der Waals surface area contributed by atoms with Crippen LogP contribution in [-0.2, 0) is 0 Å². The highest BCUT2D eigenvalue weighted by Crippen LogP contribution is 2.17. The molecule has 2 atom stereocenters. The van der Waals surface area contributed by atoms with E-state index in [2.05, 4.69) is 0 Å². The van der Waals surface area contributed by atoms with E-state index in [1.165, 1.54) is 0 Å². The second kappa shape index (κ2) is 2.71. The molecule has 0 saturated carbocycles. The Balaban J connectivity index is 3.71. The van der Waals surface area contributed by atoms with Crippen molar-refractivity contribution in [2.45, 2.75) is 24.8 Å². The number of hydrogen-bond acceptors (Lipinski definition) is 3. The minimum absolute atomic E-state index is 0.0532. The zero-order valence-electron chi connectivity index (χ0n) is 5.64. The number of rotatable bonds is 2. The predicted octanol–water partition coefficient (Wildman–Crippen LogP) is 0.371. The van der Waals surface area contributed by atoms with Gasteiger partial charge in [0.05, 0.1) is 4.87 Å². The van der Waals surface area contributed by atoms with Crippen LogP contribution in [0.15, 0.2) is 0 Å². The van der Waals surface area contributed by atoms with E-state index in [0.29, 0.717) is 0 Å². The average molecular weight is 134 g/mol. The third-order valence-corrected chi connectivity index (χ3v) is 2.60. The van der Waals surface area contributed by atoms with Gasteiger partial charge in [-0.05, 0) is 20.1 Å². The summed E-state index contributed by atoms with van der Waals surface area (Å²) in [5, 5.41) is 0. The number of nitrogens with two attached hydrogens (primary N) is 2. The molecule has 2 nitrogen and oxygen atoms in total. The van der Waals surface area contributed by atoms with E-state index in [-0.39, 0.29) is 10.9 Å². The first kappa shape index (κ1) is 8.27. The van der Waals surface area contributed by atoms with Crippen molar-refractivity contribution in [2.24, 2.45) is 11.5 Å². The van der Waals surface area contributed by atoms with Crippen molar-refractivity contribution >= 4 is 11.8 Å². The second-order valence-corrected chi connectivity index (χ2v) is 3.46. The Hall–Kier alpha value is 0.270. The van der Waals surface area contributed by atoms with Crippen LogP contribution in [0.3, 0.4) is 0 Å². The van der Waals surface area contributed by atoms with Crippen molar-refractivity contribution in [1.29, 1.82) is 0 Å². The van der Waals surface area contributed by atoms with Gasteiger partial charge < -0.3 is 11.5 Å². The molecule has 0 aliphatic heterocycles. The lowest BCUT2D eigenvalue weighted by Gasteiger charge is -2.25. The largest absolute Gasteiger partial charge is 0.326 e. The summed E-state index contributed by atoms with van der Waals surface area (Å²) < 4.78 is 0. The second-order valence-electron chi connectivity index (χ2n) is 2.18. The van der Waals surface area contributed by atoms with E-state index in [0.717, 1.165) is 0 Å². The van der Waals surface area contributed by atoms with Crippen molar-refractivity contribution in [1.82, 2.24) is 0 Å². The third kappa shape index (κ3) is 2.03. The SMILES string of the molecule is CSC(C)(N)C(C)N. The van der Waals surface area contributed by atoms with Crippen LogP contribution in [0, 0.1) is 0 Å². The molecular weight excluding hydrogens is 120 g/mol. The van der Waals surface area contributed by atoms with Crippen LogP contribution in [0.5, 0.6) is 0 Å². The number of hydrogen-bond donors (Lipinski definition) is 2. The fourth-order valence-corrected chi connectivity index (χ4v) is 0.558. The van der Waals surface area contributed by atoms with E-state index >= 15 is 0 Å². The Morgan fingerprint density at radius 3 is 2.00 bits per heavy atom. The van der Waals surface area contributed by atoms with Gasteiger partial charge in [-0.25, -0.2) is 0 Å². The predicted molar refractivity (Wildman–Crippen MR) is 39.8 cm³/mol. The standard InChI is InChI=1S/C5H14N2S/c1-4(6)5(2,7)8-3/h4H,6-7H2,1-3H3. The van der Waals surface area contributed by atoms with Crippen LogP contribution in [0.2, 0.25) is 0 Å². The first-order valence-electron chi connectivity index (χ1n) is 2.60. The van der Waals surface area contributed by atoms with E-state index < -0.39 is 0 Å². The molecule has 0 aromatic rings. The van der Waals surface area contributed by atoms with Crippen molar-refractivity contribution in [3.05, 3.63) is 0 Å². The first-order valence-corrected chi connectivity index (χ1v) is 3.83. The van der Waals surface area contributed by atoms with E-state index in [9.17, 15) is 0 Å². The molecule has 0 aromatic heterocycles. The van der Waals surface area contributed by atoms with Gasteiger partial charge in [-0.1, -0.05) is 0 Å². The summed E-state index contributed by atoms with van der Waals surface area (Å²) >= 11 is 1.59. The molecule has 0 aliphatic rings. The highest BCUT2D eigenvalue weighted by molar-refractivity contribution is 7.99. The van der Waals surface area contributed by atoms with Gasteiger partial charge >= 0.3 is 0 Å². The lowest BCUT2D eigenvalue weighted by molar-refractivity contribution is 0.555. The van der Waals surface area contributed by atoms with Crippen LogP contribution < -0.4 is 11.5 Å². The van der Waals surface area contributed by atoms with E-state index in [1.807, 2.05) is 20.1 Å². The van der Waals surface area contributed by atoms with Crippen molar-refractivity contribution < 1.29 is 0 Å². The molecule has 0 amide bonds.